The minimum atomic E-state index is 0.795. The van der Waals surface area contributed by atoms with Crippen LogP contribution in [0.3, 0.4) is 0 Å². The lowest BCUT2D eigenvalue weighted by molar-refractivity contribution is 0.935. The highest BCUT2D eigenvalue weighted by atomic mass is 32.2. The Labute approximate surface area is 86.4 Å². The lowest BCUT2D eigenvalue weighted by Crippen LogP contribution is -1.95. The van der Waals surface area contributed by atoms with E-state index in [2.05, 4.69) is 15.0 Å². The summed E-state index contributed by atoms with van der Waals surface area (Å²) in [6.07, 6.45) is 9.13. The quantitative estimate of drug-likeness (QED) is 0.701. The molecular weight excluding hydrogens is 196 g/mol. The van der Waals surface area contributed by atoms with Crippen molar-refractivity contribution < 1.29 is 0 Å². The van der Waals surface area contributed by atoms with Crippen molar-refractivity contribution in [3.63, 3.8) is 0 Å². The topological polar surface area (TPSA) is 43.6 Å². The van der Waals surface area contributed by atoms with Gasteiger partial charge in [0, 0.05) is 6.20 Å². The summed E-state index contributed by atoms with van der Waals surface area (Å²) in [5, 5.41) is 0.922. The standard InChI is InChI=1S/C9H10N4S/c1-7-5-13(6-12-7)8-3-11-9(14-2)4-10-8/h3-6H,1-2H3. The van der Waals surface area contributed by atoms with Crippen molar-refractivity contribution in [2.45, 2.75) is 11.9 Å². The summed E-state index contributed by atoms with van der Waals surface area (Å²) >= 11 is 1.58. The maximum absolute atomic E-state index is 4.27. The Balaban J connectivity index is 2.33. The molecule has 0 bridgehead atoms. The van der Waals surface area contributed by atoms with Gasteiger partial charge in [0.2, 0.25) is 0 Å². The smallest absolute Gasteiger partial charge is 0.156 e. The Morgan fingerprint density at radius 3 is 2.57 bits per heavy atom. The van der Waals surface area contributed by atoms with Crippen molar-refractivity contribution in [2.24, 2.45) is 0 Å². The average Bonchev–Trinajstić information content (AvgIpc) is 2.65. The van der Waals surface area contributed by atoms with Gasteiger partial charge in [-0.15, -0.1) is 11.8 Å². The van der Waals surface area contributed by atoms with Gasteiger partial charge in [-0.05, 0) is 13.2 Å². The van der Waals surface area contributed by atoms with Crippen LogP contribution in [0, 0.1) is 6.92 Å². The molecule has 2 aromatic rings. The van der Waals surface area contributed by atoms with Crippen LogP contribution in [0.4, 0.5) is 0 Å². The Kier molecular flexibility index (Phi) is 2.49. The van der Waals surface area contributed by atoms with E-state index >= 15 is 0 Å². The Morgan fingerprint density at radius 2 is 2.07 bits per heavy atom. The van der Waals surface area contributed by atoms with E-state index < -0.39 is 0 Å². The molecule has 0 atom stereocenters. The minimum absolute atomic E-state index is 0.795. The molecule has 0 fully saturated rings. The Hall–Kier alpha value is -1.36. The third-order valence-corrected chi connectivity index (χ3v) is 2.43. The Morgan fingerprint density at radius 1 is 1.21 bits per heavy atom. The third-order valence-electron chi connectivity index (χ3n) is 1.80. The maximum Gasteiger partial charge on any atom is 0.156 e. The zero-order chi connectivity index (χ0) is 9.97. The summed E-state index contributed by atoms with van der Waals surface area (Å²) in [5.41, 5.74) is 0.973. The molecule has 0 aromatic carbocycles. The lowest BCUT2D eigenvalue weighted by atomic mass is 10.5. The molecule has 0 saturated carbocycles. The van der Waals surface area contributed by atoms with Crippen molar-refractivity contribution >= 4 is 11.8 Å². The molecule has 0 aliphatic heterocycles. The predicted octanol–water partition coefficient (Wildman–Crippen LogP) is 1.69. The van der Waals surface area contributed by atoms with Gasteiger partial charge in [-0.3, -0.25) is 4.57 Å². The molecule has 0 unspecified atom stereocenters. The number of aryl methyl sites for hydroxylation is 1. The van der Waals surface area contributed by atoms with Crippen molar-refractivity contribution in [3.05, 3.63) is 30.6 Å². The number of nitrogens with zero attached hydrogens (tertiary/aromatic N) is 4. The number of aromatic nitrogens is 4. The van der Waals surface area contributed by atoms with E-state index in [4.69, 9.17) is 0 Å². The molecule has 2 aromatic heterocycles. The number of hydrogen-bond donors (Lipinski definition) is 0. The van der Waals surface area contributed by atoms with Crippen LogP contribution in [0.25, 0.3) is 5.82 Å². The highest BCUT2D eigenvalue weighted by Gasteiger charge is 1.99. The van der Waals surface area contributed by atoms with E-state index in [0.29, 0.717) is 0 Å². The van der Waals surface area contributed by atoms with Crippen molar-refractivity contribution in [3.8, 4) is 5.82 Å². The van der Waals surface area contributed by atoms with E-state index in [-0.39, 0.29) is 0 Å². The molecule has 0 spiro atoms. The van der Waals surface area contributed by atoms with Crippen LogP contribution in [0.1, 0.15) is 5.69 Å². The zero-order valence-electron chi connectivity index (χ0n) is 8.01. The van der Waals surface area contributed by atoms with Crippen LogP contribution < -0.4 is 0 Å². The lowest BCUT2D eigenvalue weighted by Gasteiger charge is -2.00. The highest BCUT2D eigenvalue weighted by Crippen LogP contribution is 2.10. The van der Waals surface area contributed by atoms with Crippen LogP contribution in [0.5, 0.6) is 0 Å². The number of imidazole rings is 1. The summed E-state index contributed by atoms with van der Waals surface area (Å²) < 4.78 is 1.85. The van der Waals surface area contributed by atoms with Crippen LogP contribution >= 0.6 is 11.8 Å². The molecular formula is C9H10N4S. The van der Waals surface area contributed by atoms with Gasteiger partial charge in [-0.1, -0.05) is 0 Å². The summed E-state index contributed by atoms with van der Waals surface area (Å²) in [6.45, 7) is 1.94. The first-order chi connectivity index (χ1) is 6.79. The molecule has 2 rings (SSSR count). The first kappa shape index (κ1) is 9.21. The van der Waals surface area contributed by atoms with Gasteiger partial charge in [0.05, 0.1) is 18.1 Å². The first-order valence-corrected chi connectivity index (χ1v) is 5.39. The van der Waals surface area contributed by atoms with Gasteiger partial charge >= 0.3 is 0 Å². The van der Waals surface area contributed by atoms with Crippen molar-refractivity contribution in [1.29, 1.82) is 0 Å². The molecule has 72 valence electrons. The highest BCUT2D eigenvalue weighted by molar-refractivity contribution is 7.98. The van der Waals surface area contributed by atoms with Crippen LogP contribution in [-0.4, -0.2) is 25.8 Å². The van der Waals surface area contributed by atoms with Crippen LogP contribution in [0.2, 0.25) is 0 Å². The van der Waals surface area contributed by atoms with E-state index in [1.807, 2.05) is 23.9 Å². The van der Waals surface area contributed by atoms with Gasteiger partial charge in [0.25, 0.3) is 0 Å². The minimum Gasteiger partial charge on any atom is -0.289 e. The second-order valence-electron chi connectivity index (χ2n) is 2.84. The van der Waals surface area contributed by atoms with E-state index in [1.165, 1.54) is 0 Å². The summed E-state index contributed by atoms with van der Waals surface area (Å²) in [4.78, 5) is 12.6. The van der Waals surface area contributed by atoms with Gasteiger partial charge in [0.1, 0.15) is 11.4 Å². The molecule has 0 aliphatic carbocycles. The summed E-state index contributed by atoms with van der Waals surface area (Å²) in [6, 6.07) is 0. The van der Waals surface area contributed by atoms with Crippen molar-refractivity contribution in [2.75, 3.05) is 6.26 Å². The number of hydrogen-bond acceptors (Lipinski definition) is 4. The maximum atomic E-state index is 4.27. The molecule has 2 heterocycles. The molecule has 0 saturated heterocycles. The van der Waals surface area contributed by atoms with Gasteiger partial charge in [0.15, 0.2) is 5.82 Å². The first-order valence-electron chi connectivity index (χ1n) is 4.16. The fraction of sp³-hybridized carbons (Fsp3) is 0.222. The third kappa shape index (κ3) is 1.77. The Bertz CT molecular complexity index is 421. The van der Waals surface area contributed by atoms with Gasteiger partial charge < -0.3 is 0 Å². The average molecular weight is 206 g/mol. The summed E-state index contributed by atoms with van der Waals surface area (Å²) in [7, 11) is 0. The second-order valence-corrected chi connectivity index (χ2v) is 3.67. The molecule has 0 amide bonds. The fourth-order valence-corrected chi connectivity index (χ4v) is 1.41. The fourth-order valence-electron chi connectivity index (χ4n) is 1.09. The SMILES string of the molecule is CSc1cnc(-n2cnc(C)c2)cn1. The van der Waals surface area contributed by atoms with Crippen LogP contribution in [-0.2, 0) is 0 Å². The predicted molar refractivity (Wildman–Crippen MR) is 55.7 cm³/mol. The van der Waals surface area contributed by atoms with E-state index in [1.54, 1.807) is 30.5 Å². The summed E-state index contributed by atoms with van der Waals surface area (Å²) in [5.74, 6) is 0.795. The molecule has 0 radical (unpaired) electrons. The molecule has 14 heavy (non-hydrogen) atoms. The molecule has 4 nitrogen and oxygen atoms in total. The number of thioether (sulfide) groups is 1. The van der Waals surface area contributed by atoms with E-state index in [9.17, 15) is 0 Å². The number of rotatable bonds is 2. The second kappa shape index (κ2) is 3.79. The van der Waals surface area contributed by atoms with Gasteiger partial charge in [-0.25, -0.2) is 15.0 Å². The van der Waals surface area contributed by atoms with Crippen LogP contribution in [0.15, 0.2) is 29.9 Å². The molecule has 0 N–H and O–H groups in total. The molecule has 5 heteroatoms. The normalized spacial score (nSPS) is 10.4. The van der Waals surface area contributed by atoms with Crippen molar-refractivity contribution in [1.82, 2.24) is 19.5 Å². The van der Waals surface area contributed by atoms with Gasteiger partial charge in [-0.2, -0.15) is 0 Å². The zero-order valence-corrected chi connectivity index (χ0v) is 8.82. The van der Waals surface area contributed by atoms with E-state index in [0.717, 1.165) is 16.5 Å². The monoisotopic (exact) mass is 206 g/mol. The molecule has 0 aliphatic rings. The largest absolute Gasteiger partial charge is 0.289 e.